The molecule has 1 aromatic heterocycles. The fraction of sp³-hybridized carbons (Fsp3) is 0.222. The summed E-state index contributed by atoms with van der Waals surface area (Å²) in [6, 6.07) is 13.8. The minimum absolute atomic E-state index is 0.0500. The van der Waals surface area contributed by atoms with Crippen LogP contribution in [0.4, 0.5) is 0 Å². The second kappa shape index (κ2) is 5.07. The van der Waals surface area contributed by atoms with Crippen molar-refractivity contribution >= 4 is 27.6 Å². The molecule has 0 spiro atoms. The number of rotatable bonds is 1. The van der Waals surface area contributed by atoms with Crippen LogP contribution >= 0.6 is 0 Å². The zero-order valence-corrected chi connectivity index (χ0v) is 12.1. The van der Waals surface area contributed by atoms with Crippen molar-refractivity contribution in [1.29, 1.82) is 0 Å². The normalized spacial score (nSPS) is 18.2. The van der Waals surface area contributed by atoms with Crippen molar-refractivity contribution in [2.24, 2.45) is 0 Å². The third kappa shape index (κ3) is 2.04. The number of aliphatic hydroxyl groups is 1. The Labute approximate surface area is 128 Å². The summed E-state index contributed by atoms with van der Waals surface area (Å²) in [5.41, 5.74) is 1.34. The second-order valence-electron chi connectivity index (χ2n) is 5.74. The van der Waals surface area contributed by atoms with Crippen molar-refractivity contribution in [3.8, 4) is 0 Å². The monoisotopic (exact) mass is 292 g/mol. The Morgan fingerprint density at radius 1 is 1.18 bits per heavy atom. The Morgan fingerprint density at radius 2 is 2.00 bits per heavy atom. The largest absolute Gasteiger partial charge is 0.391 e. The van der Waals surface area contributed by atoms with Crippen LogP contribution in [-0.2, 0) is 0 Å². The zero-order chi connectivity index (χ0) is 15.1. The lowest BCUT2D eigenvalue weighted by atomic mass is 10.00. The first kappa shape index (κ1) is 13.2. The summed E-state index contributed by atoms with van der Waals surface area (Å²) >= 11 is 0. The number of likely N-dealkylation sites (tertiary alicyclic amines) is 1. The lowest BCUT2D eigenvalue weighted by Crippen LogP contribution is -2.29. The molecule has 22 heavy (non-hydrogen) atoms. The molecule has 4 heteroatoms. The summed E-state index contributed by atoms with van der Waals surface area (Å²) < 4.78 is 0. The highest BCUT2D eigenvalue weighted by atomic mass is 16.3. The van der Waals surface area contributed by atoms with Crippen LogP contribution in [-0.4, -0.2) is 40.1 Å². The predicted octanol–water partition coefficient (Wildman–Crippen LogP) is 2.59. The number of benzene rings is 2. The van der Waals surface area contributed by atoms with Crippen LogP contribution < -0.4 is 0 Å². The third-order valence-corrected chi connectivity index (χ3v) is 4.29. The minimum Gasteiger partial charge on any atom is -0.391 e. The summed E-state index contributed by atoms with van der Waals surface area (Å²) in [6.45, 7) is 1.00. The molecular weight excluding hydrogens is 276 g/mol. The molecule has 1 aliphatic rings. The van der Waals surface area contributed by atoms with Crippen molar-refractivity contribution < 1.29 is 9.90 Å². The predicted molar refractivity (Wildman–Crippen MR) is 85.8 cm³/mol. The molecule has 0 bridgehead atoms. The van der Waals surface area contributed by atoms with Crippen molar-refractivity contribution in [2.45, 2.75) is 12.5 Å². The van der Waals surface area contributed by atoms with E-state index in [4.69, 9.17) is 0 Å². The van der Waals surface area contributed by atoms with Crippen LogP contribution in [0, 0.1) is 0 Å². The van der Waals surface area contributed by atoms with Gasteiger partial charge in [0.25, 0.3) is 5.91 Å². The number of fused-ring (bicyclic) bond motifs is 3. The molecule has 3 aromatic rings. The molecule has 2 aromatic carbocycles. The highest BCUT2D eigenvalue weighted by Crippen LogP contribution is 2.28. The maximum Gasteiger partial charge on any atom is 0.256 e. The van der Waals surface area contributed by atoms with Gasteiger partial charge in [0.15, 0.2) is 0 Å². The minimum atomic E-state index is -0.413. The number of aromatic nitrogens is 1. The first-order chi connectivity index (χ1) is 10.7. The van der Waals surface area contributed by atoms with Gasteiger partial charge < -0.3 is 10.0 Å². The van der Waals surface area contributed by atoms with Gasteiger partial charge in [-0.25, -0.2) is 0 Å². The van der Waals surface area contributed by atoms with Crippen LogP contribution in [0.15, 0.2) is 48.7 Å². The number of aliphatic hydroxyl groups excluding tert-OH is 1. The van der Waals surface area contributed by atoms with Gasteiger partial charge in [0.05, 0.1) is 17.2 Å². The lowest BCUT2D eigenvalue weighted by molar-refractivity contribution is 0.0767. The number of hydrogen-bond donors (Lipinski definition) is 1. The number of β-amino-alcohol motifs (C(OH)–C–C–N with tert-alkyl or cyclic N) is 1. The van der Waals surface area contributed by atoms with Crippen molar-refractivity contribution in [3.05, 3.63) is 54.2 Å². The van der Waals surface area contributed by atoms with Gasteiger partial charge in [0, 0.05) is 24.7 Å². The van der Waals surface area contributed by atoms with E-state index in [1.165, 1.54) is 0 Å². The smallest absolute Gasteiger partial charge is 0.256 e. The van der Waals surface area contributed by atoms with E-state index < -0.39 is 6.10 Å². The molecule has 0 unspecified atom stereocenters. The van der Waals surface area contributed by atoms with Crippen LogP contribution in [0.25, 0.3) is 21.7 Å². The number of carbonyl (C=O) groups is 1. The van der Waals surface area contributed by atoms with E-state index in [0.717, 1.165) is 21.7 Å². The number of pyridine rings is 1. The molecule has 0 aliphatic carbocycles. The van der Waals surface area contributed by atoms with Gasteiger partial charge in [-0.3, -0.25) is 9.78 Å². The quantitative estimate of drug-likeness (QED) is 0.701. The molecule has 110 valence electrons. The van der Waals surface area contributed by atoms with Gasteiger partial charge in [-0.1, -0.05) is 30.3 Å². The van der Waals surface area contributed by atoms with Gasteiger partial charge in [-0.2, -0.15) is 0 Å². The first-order valence-corrected chi connectivity index (χ1v) is 7.48. The molecule has 1 atom stereocenters. The molecule has 1 fully saturated rings. The van der Waals surface area contributed by atoms with Crippen molar-refractivity contribution in [3.63, 3.8) is 0 Å². The van der Waals surface area contributed by atoms with Gasteiger partial charge in [-0.15, -0.1) is 0 Å². The summed E-state index contributed by atoms with van der Waals surface area (Å²) in [5.74, 6) is -0.0500. The molecule has 1 N–H and O–H groups in total. The van der Waals surface area contributed by atoms with E-state index >= 15 is 0 Å². The Balaban J connectivity index is 1.94. The maximum atomic E-state index is 12.8. The standard InChI is InChI=1S/C18H16N2O2/c21-13-7-9-20(11-13)18(22)16-10-12-4-1-2-5-14(12)15-6-3-8-19-17(15)16/h1-6,8,10,13,21H,7,9,11H2/t13-/m1/s1. The summed E-state index contributed by atoms with van der Waals surface area (Å²) in [7, 11) is 0. The van der Waals surface area contributed by atoms with Crippen LogP contribution in [0.1, 0.15) is 16.8 Å². The topological polar surface area (TPSA) is 53.4 Å². The molecule has 0 radical (unpaired) electrons. The molecule has 2 heterocycles. The van der Waals surface area contributed by atoms with Gasteiger partial charge >= 0.3 is 0 Å². The van der Waals surface area contributed by atoms with Crippen LogP contribution in [0.2, 0.25) is 0 Å². The van der Waals surface area contributed by atoms with E-state index in [9.17, 15) is 9.90 Å². The van der Waals surface area contributed by atoms with E-state index in [1.54, 1.807) is 11.1 Å². The maximum absolute atomic E-state index is 12.8. The molecule has 0 saturated carbocycles. The highest BCUT2D eigenvalue weighted by Gasteiger charge is 2.27. The number of amides is 1. The van der Waals surface area contributed by atoms with E-state index in [1.807, 2.05) is 42.5 Å². The Kier molecular flexibility index (Phi) is 3.05. The van der Waals surface area contributed by atoms with E-state index in [0.29, 0.717) is 25.1 Å². The average molecular weight is 292 g/mol. The van der Waals surface area contributed by atoms with Gasteiger partial charge in [0.2, 0.25) is 0 Å². The molecular formula is C18H16N2O2. The van der Waals surface area contributed by atoms with Gasteiger partial charge in [-0.05, 0) is 29.3 Å². The summed E-state index contributed by atoms with van der Waals surface area (Å²) in [5, 5.41) is 12.8. The van der Waals surface area contributed by atoms with Crippen LogP contribution in [0.5, 0.6) is 0 Å². The number of nitrogens with zero attached hydrogens (tertiary/aromatic N) is 2. The lowest BCUT2D eigenvalue weighted by Gasteiger charge is -2.17. The zero-order valence-electron chi connectivity index (χ0n) is 12.1. The summed E-state index contributed by atoms with van der Waals surface area (Å²) in [4.78, 5) is 19.0. The van der Waals surface area contributed by atoms with Crippen LogP contribution in [0.3, 0.4) is 0 Å². The highest BCUT2D eigenvalue weighted by molar-refractivity contribution is 6.15. The second-order valence-corrected chi connectivity index (χ2v) is 5.74. The molecule has 4 nitrogen and oxygen atoms in total. The van der Waals surface area contributed by atoms with E-state index in [2.05, 4.69) is 4.98 Å². The summed E-state index contributed by atoms with van der Waals surface area (Å²) in [6.07, 6.45) is 1.95. The molecule has 1 aliphatic heterocycles. The molecule has 4 rings (SSSR count). The number of carbonyl (C=O) groups excluding carboxylic acids is 1. The van der Waals surface area contributed by atoms with Gasteiger partial charge in [0.1, 0.15) is 0 Å². The Morgan fingerprint density at radius 3 is 2.82 bits per heavy atom. The first-order valence-electron chi connectivity index (χ1n) is 7.48. The fourth-order valence-corrected chi connectivity index (χ4v) is 3.19. The Bertz CT molecular complexity index is 875. The van der Waals surface area contributed by atoms with E-state index in [-0.39, 0.29) is 5.91 Å². The number of hydrogen-bond acceptors (Lipinski definition) is 3. The third-order valence-electron chi connectivity index (χ3n) is 4.29. The van der Waals surface area contributed by atoms with Crippen molar-refractivity contribution in [1.82, 2.24) is 9.88 Å². The molecule has 1 amide bonds. The average Bonchev–Trinajstić information content (AvgIpc) is 3.00. The fourth-order valence-electron chi connectivity index (χ4n) is 3.19. The Hall–Kier alpha value is -2.46. The molecule has 1 saturated heterocycles. The van der Waals surface area contributed by atoms with Crippen molar-refractivity contribution in [2.75, 3.05) is 13.1 Å². The SMILES string of the molecule is O=C(c1cc2ccccc2c2cccnc12)N1CC[C@@H](O)C1.